The molecule has 0 spiro atoms. The minimum absolute atomic E-state index is 0.565. The molecule has 0 aromatic heterocycles. The highest BCUT2D eigenvalue weighted by Crippen LogP contribution is 2.37. The van der Waals surface area contributed by atoms with Crippen LogP contribution in [-0.4, -0.2) is 10.9 Å². The summed E-state index contributed by atoms with van der Waals surface area (Å²) in [4.78, 5) is 2.56. The van der Waals surface area contributed by atoms with Crippen LogP contribution < -0.4 is 0 Å². The number of nitrogens with zero attached hydrogens (tertiary/aromatic N) is 1. The fourth-order valence-corrected chi connectivity index (χ4v) is 3.29. The monoisotopic (exact) mass is 265 g/mol. The lowest BCUT2D eigenvalue weighted by Gasteiger charge is -2.25. The largest absolute Gasteiger partial charge is 0.292 e. The maximum absolute atomic E-state index is 2.56. The highest BCUT2D eigenvalue weighted by Gasteiger charge is 2.22. The number of hydrogen-bond acceptors (Lipinski definition) is 1. The third kappa shape index (κ3) is 2.16. The molecular weight excluding hydrogens is 242 g/mol. The predicted octanol–water partition coefficient (Wildman–Crippen LogP) is 4.69. The Balaban J connectivity index is 2.29. The van der Waals surface area contributed by atoms with Crippen molar-refractivity contribution in [2.75, 3.05) is 0 Å². The van der Waals surface area contributed by atoms with Crippen molar-refractivity contribution < 1.29 is 0 Å². The van der Waals surface area contributed by atoms with Gasteiger partial charge in [-0.1, -0.05) is 36.4 Å². The number of rotatable bonds is 1. The van der Waals surface area contributed by atoms with Gasteiger partial charge in [0.25, 0.3) is 0 Å². The topological polar surface area (TPSA) is 3.24 Å². The molecule has 1 nitrogen and oxygen atoms in total. The molecule has 1 aliphatic heterocycles. The van der Waals surface area contributed by atoms with Crippen LogP contribution in [0.3, 0.4) is 0 Å². The van der Waals surface area contributed by atoms with Gasteiger partial charge in [0.2, 0.25) is 0 Å². The molecule has 0 bridgehead atoms. The second-order valence-corrected chi connectivity index (χ2v) is 6.22. The third-order valence-corrected chi connectivity index (χ3v) is 4.45. The van der Waals surface area contributed by atoms with Crippen molar-refractivity contribution in [3.8, 4) is 11.1 Å². The van der Waals surface area contributed by atoms with E-state index in [0.717, 1.165) is 13.1 Å². The molecule has 0 fully saturated rings. The summed E-state index contributed by atoms with van der Waals surface area (Å²) in [5.41, 5.74) is 8.64. The molecule has 0 amide bonds. The Labute approximate surface area is 122 Å². The Morgan fingerprint density at radius 3 is 1.65 bits per heavy atom. The predicted molar refractivity (Wildman–Crippen MR) is 85.7 cm³/mol. The smallest absolute Gasteiger partial charge is 0.0246 e. The minimum atomic E-state index is 0.565. The Morgan fingerprint density at radius 2 is 1.25 bits per heavy atom. The standard InChI is InChI=1S/C19H23N/c1-13(2)20-11-16-9-5-7-14(3)18(16)19-15(4)8-6-10-17(19)12-20/h5-10,13H,11-12H2,1-4H3. The molecule has 104 valence electrons. The Kier molecular flexibility index (Phi) is 3.39. The lowest BCUT2D eigenvalue weighted by Crippen LogP contribution is -2.29. The van der Waals surface area contributed by atoms with Gasteiger partial charge in [0.1, 0.15) is 0 Å². The van der Waals surface area contributed by atoms with Crippen molar-refractivity contribution in [1.29, 1.82) is 0 Å². The van der Waals surface area contributed by atoms with Crippen molar-refractivity contribution >= 4 is 0 Å². The average molecular weight is 265 g/mol. The number of aryl methyl sites for hydroxylation is 2. The Morgan fingerprint density at radius 1 is 0.800 bits per heavy atom. The van der Waals surface area contributed by atoms with E-state index in [0.29, 0.717) is 6.04 Å². The summed E-state index contributed by atoms with van der Waals surface area (Å²) in [5.74, 6) is 0. The van der Waals surface area contributed by atoms with E-state index >= 15 is 0 Å². The van der Waals surface area contributed by atoms with Crippen molar-refractivity contribution in [2.45, 2.75) is 46.8 Å². The second kappa shape index (κ2) is 5.06. The maximum atomic E-state index is 2.56. The van der Waals surface area contributed by atoms with Gasteiger partial charge < -0.3 is 0 Å². The van der Waals surface area contributed by atoms with E-state index in [4.69, 9.17) is 0 Å². The molecule has 1 heteroatoms. The zero-order valence-corrected chi connectivity index (χ0v) is 12.9. The fraction of sp³-hybridized carbons (Fsp3) is 0.368. The number of hydrogen-bond donors (Lipinski definition) is 0. The zero-order valence-electron chi connectivity index (χ0n) is 12.9. The van der Waals surface area contributed by atoms with E-state index in [9.17, 15) is 0 Å². The average Bonchev–Trinajstić information content (AvgIpc) is 2.57. The SMILES string of the molecule is Cc1cccc2c1-c1c(C)cccc1CN(C(C)C)C2. The highest BCUT2D eigenvalue weighted by molar-refractivity contribution is 5.77. The van der Waals surface area contributed by atoms with Crippen LogP contribution in [0, 0.1) is 13.8 Å². The van der Waals surface area contributed by atoms with Gasteiger partial charge in [-0.25, -0.2) is 0 Å². The molecule has 0 saturated carbocycles. The third-order valence-electron chi connectivity index (χ3n) is 4.45. The van der Waals surface area contributed by atoms with Crippen LogP contribution in [0.4, 0.5) is 0 Å². The summed E-state index contributed by atoms with van der Waals surface area (Å²) < 4.78 is 0. The zero-order chi connectivity index (χ0) is 14.3. The summed E-state index contributed by atoms with van der Waals surface area (Å²) in [6.45, 7) is 11.1. The minimum Gasteiger partial charge on any atom is -0.292 e. The lowest BCUT2D eigenvalue weighted by atomic mass is 9.90. The first-order chi connectivity index (χ1) is 9.58. The van der Waals surface area contributed by atoms with E-state index in [1.165, 1.54) is 33.4 Å². The summed E-state index contributed by atoms with van der Waals surface area (Å²) in [5, 5.41) is 0. The number of benzene rings is 2. The van der Waals surface area contributed by atoms with Gasteiger partial charge in [0.15, 0.2) is 0 Å². The number of fused-ring (bicyclic) bond motifs is 3. The summed E-state index contributed by atoms with van der Waals surface area (Å²) in [7, 11) is 0. The van der Waals surface area contributed by atoms with Crippen LogP contribution in [-0.2, 0) is 13.1 Å². The molecular formula is C19H23N. The molecule has 0 N–H and O–H groups in total. The molecule has 0 atom stereocenters. The van der Waals surface area contributed by atoms with Gasteiger partial charge in [-0.15, -0.1) is 0 Å². The van der Waals surface area contributed by atoms with Crippen molar-refractivity contribution in [3.05, 3.63) is 58.7 Å². The summed E-state index contributed by atoms with van der Waals surface area (Å²) in [6.07, 6.45) is 0. The molecule has 2 aromatic rings. The van der Waals surface area contributed by atoms with E-state index in [-0.39, 0.29) is 0 Å². The Bertz CT molecular complexity index is 587. The van der Waals surface area contributed by atoms with E-state index in [2.05, 4.69) is 69.0 Å². The highest BCUT2D eigenvalue weighted by atomic mass is 15.1. The second-order valence-electron chi connectivity index (χ2n) is 6.22. The molecule has 2 aromatic carbocycles. The Hall–Kier alpha value is -1.60. The first-order valence-corrected chi connectivity index (χ1v) is 7.49. The van der Waals surface area contributed by atoms with Crippen LogP contribution in [0.25, 0.3) is 11.1 Å². The summed E-state index contributed by atoms with van der Waals surface area (Å²) in [6, 6.07) is 14.0. The van der Waals surface area contributed by atoms with Gasteiger partial charge in [0.05, 0.1) is 0 Å². The molecule has 1 aliphatic rings. The van der Waals surface area contributed by atoms with Crippen LogP contribution in [0.2, 0.25) is 0 Å². The van der Waals surface area contributed by atoms with E-state index < -0.39 is 0 Å². The fourth-order valence-electron chi connectivity index (χ4n) is 3.29. The molecule has 0 unspecified atom stereocenters. The van der Waals surface area contributed by atoms with Crippen molar-refractivity contribution in [3.63, 3.8) is 0 Å². The van der Waals surface area contributed by atoms with Crippen molar-refractivity contribution in [2.24, 2.45) is 0 Å². The van der Waals surface area contributed by atoms with Crippen LogP contribution in [0.5, 0.6) is 0 Å². The van der Waals surface area contributed by atoms with Crippen molar-refractivity contribution in [1.82, 2.24) is 4.90 Å². The van der Waals surface area contributed by atoms with Gasteiger partial charge >= 0.3 is 0 Å². The molecule has 3 rings (SSSR count). The molecule has 1 heterocycles. The van der Waals surface area contributed by atoms with Crippen LogP contribution >= 0.6 is 0 Å². The first kappa shape index (κ1) is 13.4. The quantitative estimate of drug-likeness (QED) is 0.722. The molecule has 0 saturated heterocycles. The first-order valence-electron chi connectivity index (χ1n) is 7.49. The van der Waals surface area contributed by atoms with Gasteiger partial charge in [-0.2, -0.15) is 0 Å². The van der Waals surface area contributed by atoms with Crippen LogP contribution in [0.15, 0.2) is 36.4 Å². The molecule has 20 heavy (non-hydrogen) atoms. The lowest BCUT2D eigenvalue weighted by molar-refractivity contribution is 0.206. The normalized spacial score (nSPS) is 14.8. The van der Waals surface area contributed by atoms with E-state index in [1.807, 2.05) is 0 Å². The van der Waals surface area contributed by atoms with E-state index in [1.54, 1.807) is 0 Å². The van der Waals surface area contributed by atoms with Gasteiger partial charge in [-0.05, 0) is 61.1 Å². The van der Waals surface area contributed by atoms with Crippen LogP contribution in [0.1, 0.15) is 36.1 Å². The van der Waals surface area contributed by atoms with Gasteiger partial charge in [-0.3, -0.25) is 4.90 Å². The van der Waals surface area contributed by atoms with Gasteiger partial charge in [0, 0.05) is 19.1 Å². The summed E-state index contributed by atoms with van der Waals surface area (Å²) >= 11 is 0. The molecule has 0 radical (unpaired) electrons. The maximum Gasteiger partial charge on any atom is 0.0246 e. The molecule has 0 aliphatic carbocycles.